The van der Waals surface area contributed by atoms with Crippen LogP contribution in [0.15, 0.2) is 189 Å². The SMILES string of the molecule is c1ccc(N(c2ccccc2)c2ccc3oc4ccc(-c5cccc6c5oc5cc(-c7cccc8oc9ccccc9c78)ccc56)cc4c3c2)cc1. The summed E-state index contributed by atoms with van der Waals surface area (Å²) >= 11 is 0. The number of nitrogens with zero attached hydrogens (tertiary/aromatic N) is 1. The van der Waals surface area contributed by atoms with E-state index in [0.717, 1.165) is 105 Å². The van der Waals surface area contributed by atoms with Crippen LogP contribution in [0.1, 0.15) is 0 Å². The molecule has 244 valence electrons. The largest absolute Gasteiger partial charge is 0.456 e. The molecule has 0 N–H and O–H groups in total. The molecule has 3 aromatic heterocycles. The first-order chi connectivity index (χ1) is 25.8. The standard InChI is InChI=1S/C48H29NO3/c1-3-11-32(12-4-1)49(33-13-5-2-6-14-33)34-23-26-44-41(29-34)40-27-30(22-25-43(40)50-44)36-17-9-18-38-37-24-21-31(28-46(37)52-48(36)38)35-16-10-20-45-47(35)39-15-7-8-19-42(39)51-45/h1-29H. The third kappa shape index (κ3) is 4.41. The molecule has 0 spiro atoms. The van der Waals surface area contributed by atoms with Crippen LogP contribution >= 0.6 is 0 Å². The molecule has 0 amide bonds. The summed E-state index contributed by atoms with van der Waals surface area (Å²) < 4.78 is 19.3. The molecular formula is C48H29NO3. The van der Waals surface area contributed by atoms with E-state index in [4.69, 9.17) is 13.3 Å². The van der Waals surface area contributed by atoms with Crippen molar-refractivity contribution in [2.75, 3.05) is 4.90 Å². The fraction of sp³-hybridized carbons (Fsp3) is 0. The quantitative estimate of drug-likeness (QED) is 0.183. The predicted octanol–water partition coefficient (Wildman–Crippen LogP) is 14.2. The Bertz CT molecular complexity index is 3090. The molecule has 0 bridgehead atoms. The van der Waals surface area contributed by atoms with Gasteiger partial charge in [0.1, 0.15) is 33.5 Å². The zero-order chi connectivity index (χ0) is 34.2. The lowest BCUT2D eigenvalue weighted by molar-refractivity contribution is 0.668. The lowest BCUT2D eigenvalue weighted by Crippen LogP contribution is -2.09. The van der Waals surface area contributed by atoms with Crippen molar-refractivity contribution in [1.29, 1.82) is 0 Å². The highest BCUT2D eigenvalue weighted by Crippen LogP contribution is 2.43. The maximum Gasteiger partial charge on any atom is 0.143 e. The van der Waals surface area contributed by atoms with Crippen molar-refractivity contribution in [2.24, 2.45) is 0 Å². The van der Waals surface area contributed by atoms with E-state index < -0.39 is 0 Å². The molecule has 0 aliphatic heterocycles. The minimum atomic E-state index is 0.851. The molecule has 11 rings (SSSR count). The van der Waals surface area contributed by atoms with Gasteiger partial charge in [-0.15, -0.1) is 0 Å². The molecule has 52 heavy (non-hydrogen) atoms. The van der Waals surface area contributed by atoms with E-state index in [0.29, 0.717) is 0 Å². The Morgan fingerprint density at radius 1 is 0.308 bits per heavy atom. The van der Waals surface area contributed by atoms with E-state index in [1.165, 1.54) is 0 Å². The number of furan rings is 3. The molecule has 0 radical (unpaired) electrons. The van der Waals surface area contributed by atoms with Gasteiger partial charge in [0, 0.05) is 54.9 Å². The lowest BCUT2D eigenvalue weighted by Gasteiger charge is -2.25. The van der Waals surface area contributed by atoms with E-state index in [2.05, 4.69) is 150 Å². The Hall–Kier alpha value is -7.04. The van der Waals surface area contributed by atoms with Crippen molar-refractivity contribution in [3.05, 3.63) is 176 Å². The van der Waals surface area contributed by atoms with Crippen molar-refractivity contribution in [3.8, 4) is 22.3 Å². The van der Waals surface area contributed by atoms with Gasteiger partial charge in [-0.3, -0.25) is 0 Å². The van der Waals surface area contributed by atoms with E-state index in [1.807, 2.05) is 30.3 Å². The van der Waals surface area contributed by atoms with E-state index >= 15 is 0 Å². The molecular weight excluding hydrogens is 639 g/mol. The minimum absolute atomic E-state index is 0.851. The van der Waals surface area contributed by atoms with Gasteiger partial charge in [0.2, 0.25) is 0 Å². The highest BCUT2D eigenvalue weighted by molar-refractivity contribution is 6.15. The van der Waals surface area contributed by atoms with Crippen LogP contribution in [0.4, 0.5) is 17.1 Å². The number of para-hydroxylation sites is 4. The van der Waals surface area contributed by atoms with E-state index in [1.54, 1.807) is 0 Å². The lowest BCUT2D eigenvalue weighted by atomic mass is 9.97. The normalized spacial score (nSPS) is 11.8. The molecule has 0 unspecified atom stereocenters. The number of benzene rings is 8. The van der Waals surface area contributed by atoms with Gasteiger partial charge in [-0.25, -0.2) is 0 Å². The van der Waals surface area contributed by atoms with Gasteiger partial charge >= 0.3 is 0 Å². The summed E-state index contributed by atoms with van der Waals surface area (Å²) in [6, 6.07) is 61.2. The molecule has 11 aromatic rings. The van der Waals surface area contributed by atoms with Gasteiger partial charge in [-0.2, -0.15) is 0 Å². The Morgan fingerprint density at radius 3 is 1.73 bits per heavy atom. The highest BCUT2D eigenvalue weighted by atomic mass is 16.3. The van der Waals surface area contributed by atoms with Gasteiger partial charge in [0.15, 0.2) is 0 Å². The van der Waals surface area contributed by atoms with Crippen LogP contribution in [0.5, 0.6) is 0 Å². The zero-order valence-corrected chi connectivity index (χ0v) is 27.9. The maximum absolute atomic E-state index is 6.76. The summed E-state index contributed by atoms with van der Waals surface area (Å²) in [5.41, 5.74) is 12.8. The second-order valence-electron chi connectivity index (χ2n) is 13.3. The number of hydrogen-bond acceptors (Lipinski definition) is 4. The smallest absolute Gasteiger partial charge is 0.143 e. The average Bonchev–Trinajstić information content (AvgIpc) is 3.89. The fourth-order valence-electron chi connectivity index (χ4n) is 7.88. The summed E-state index contributed by atoms with van der Waals surface area (Å²) in [5.74, 6) is 0. The molecule has 4 nitrogen and oxygen atoms in total. The van der Waals surface area contributed by atoms with Gasteiger partial charge in [-0.1, -0.05) is 97.1 Å². The van der Waals surface area contributed by atoms with Gasteiger partial charge in [-0.05, 0) is 95.6 Å². The van der Waals surface area contributed by atoms with Crippen LogP contribution in [-0.4, -0.2) is 0 Å². The van der Waals surface area contributed by atoms with Crippen LogP contribution in [0.2, 0.25) is 0 Å². The minimum Gasteiger partial charge on any atom is -0.456 e. The third-order valence-electron chi connectivity index (χ3n) is 10.3. The monoisotopic (exact) mass is 667 g/mol. The average molecular weight is 668 g/mol. The van der Waals surface area contributed by atoms with Crippen molar-refractivity contribution < 1.29 is 13.3 Å². The molecule has 8 aromatic carbocycles. The second-order valence-corrected chi connectivity index (χ2v) is 13.3. The molecule has 0 aliphatic carbocycles. The highest BCUT2D eigenvalue weighted by Gasteiger charge is 2.19. The molecule has 3 heterocycles. The number of hydrogen-bond donors (Lipinski definition) is 0. The summed E-state index contributed by atoms with van der Waals surface area (Å²) in [7, 11) is 0. The predicted molar refractivity (Wildman–Crippen MR) is 214 cm³/mol. The molecule has 0 saturated heterocycles. The molecule has 0 saturated carbocycles. The van der Waals surface area contributed by atoms with E-state index in [9.17, 15) is 0 Å². The molecule has 0 atom stereocenters. The Balaban J connectivity index is 1.05. The topological polar surface area (TPSA) is 42.7 Å². The first-order valence-electron chi connectivity index (χ1n) is 17.5. The van der Waals surface area contributed by atoms with Crippen molar-refractivity contribution in [3.63, 3.8) is 0 Å². The molecule has 0 aliphatic rings. The number of fused-ring (bicyclic) bond motifs is 9. The Kier molecular flexibility index (Phi) is 6.22. The molecule has 4 heteroatoms. The van der Waals surface area contributed by atoms with Gasteiger partial charge in [0.25, 0.3) is 0 Å². The first kappa shape index (κ1) is 28.8. The van der Waals surface area contributed by atoms with Crippen LogP contribution in [0.25, 0.3) is 88.1 Å². The summed E-state index contributed by atoms with van der Waals surface area (Å²) in [6.07, 6.45) is 0. The second kappa shape index (κ2) is 11.2. The fourth-order valence-corrected chi connectivity index (χ4v) is 7.88. The van der Waals surface area contributed by atoms with Crippen LogP contribution in [0.3, 0.4) is 0 Å². The van der Waals surface area contributed by atoms with Crippen LogP contribution in [0, 0.1) is 0 Å². The molecule has 0 fully saturated rings. The summed E-state index contributed by atoms with van der Waals surface area (Å²) in [4.78, 5) is 2.28. The summed E-state index contributed by atoms with van der Waals surface area (Å²) in [5, 5.41) is 6.54. The van der Waals surface area contributed by atoms with Crippen LogP contribution < -0.4 is 4.90 Å². The Labute approximate surface area is 298 Å². The Morgan fingerprint density at radius 2 is 0.904 bits per heavy atom. The third-order valence-corrected chi connectivity index (χ3v) is 10.3. The van der Waals surface area contributed by atoms with Crippen molar-refractivity contribution in [1.82, 2.24) is 0 Å². The summed E-state index contributed by atoms with van der Waals surface area (Å²) in [6.45, 7) is 0. The first-order valence-corrected chi connectivity index (χ1v) is 17.5. The van der Waals surface area contributed by atoms with Gasteiger partial charge in [0.05, 0.1) is 0 Å². The maximum atomic E-state index is 6.76. The van der Waals surface area contributed by atoms with E-state index in [-0.39, 0.29) is 0 Å². The van der Waals surface area contributed by atoms with Crippen molar-refractivity contribution in [2.45, 2.75) is 0 Å². The van der Waals surface area contributed by atoms with Gasteiger partial charge < -0.3 is 18.2 Å². The van der Waals surface area contributed by atoms with Crippen molar-refractivity contribution >= 4 is 82.9 Å². The number of anilines is 3. The van der Waals surface area contributed by atoms with Crippen LogP contribution in [-0.2, 0) is 0 Å². The number of rotatable bonds is 5. The zero-order valence-electron chi connectivity index (χ0n) is 27.9.